The van der Waals surface area contributed by atoms with Crippen LogP contribution in [0.2, 0.25) is 0 Å². The summed E-state index contributed by atoms with van der Waals surface area (Å²) >= 11 is 2.59. The van der Waals surface area contributed by atoms with Crippen molar-refractivity contribution in [2.75, 3.05) is 6.54 Å². The maximum atomic E-state index is 12.6. The van der Waals surface area contributed by atoms with Gasteiger partial charge in [-0.05, 0) is 35.7 Å². The van der Waals surface area contributed by atoms with Gasteiger partial charge in [0.25, 0.3) is 11.1 Å². The highest BCUT2D eigenvalue weighted by Gasteiger charge is 2.26. The number of carbonyl (C=O) groups is 2. The highest BCUT2D eigenvalue weighted by Crippen LogP contribution is 2.36. The van der Waals surface area contributed by atoms with Crippen LogP contribution in [0.3, 0.4) is 0 Å². The number of thioether (sulfide) groups is 1. The summed E-state index contributed by atoms with van der Waals surface area (Å²) in [5.74, 6) is -0.0542. The minimum absolute atomic E-state index is 0.258. The molecule has 0 radical (unpaired) electrons. The first-order valence-corrected chi connectivity index (χ1v) is 9.61. The van der Waals surface area contributed by atoms with Gasteiger partial charge in [0.2, 0.25) is 5.91 Å². The molecule has 0 aliphatic carbocycles. The molecule has 26 heavy (non-hydrogen) atoms. The Morgan fingerprint density at radius 2 is 2.00 bits per heavy atom. The lowest BCUT2D eigenvalue weighted by molar-refractivity contribution is -0.119. The maximum Gasteiger partial charge on any atom is 0.321 e. The molecule has 0 aliphatic heterocycles. The van der Waals surface area contributed by atoms with Crippen molar-refractivity contribution < 1.29 is 14.0 Å². The predicted octanol–water partition coefficient (Wildman–Crippen LogP) is 3.48. The van der Waals surface area contributed by atoms with Crippen molar-refractivity contribution in [1.29, 1.82) is 0 Å². The van der Waals surface area contributed by atoms with Crippen molar-refractivity contribution in [2.24, 2.45) is 0 Å². The number of rotatable bonds is 6. The minimum Gasteiger partial charge on any atom is -0.410 e. The molecule has 134 valence electrons. The molecule has 0 spiro atoms. The summed E-state index contributed by atoms with van der Waals surface area (Å²) < 4.78 is 5.65. The van der Waals surface area contributed by atoms with Crippen molar-refractivity contribution in [1.82, 2.24) is 20.8 Å². The molecule has 0 unspecified atom stereocenters. The molecule has 1 aromatic carbocycles. The number of nitrogens with zero attached hydrogens (tertiary/aromatic N) is 2. The van der Waals surface area contributed by atoms with Crippen LogP contribution >= 0.6 is 23.1 Å². The van der Waals surface area contributed by atoms with Gasteiger partial charge in [0.15, 0.2) is 0 Å². The topological polar surface area (TPSA) is 97.1 Å². The van der Waals surface area contributed by atoms with Crippen LogP contribution in [-0.2, 0) is 4.79 Å². The van der Waals surface area contributed by atoms with Crippen molar-refractivity contribution >= 4 is 35.0 Å². The lowest BCUT2D eigenvalue weighted by Gasteiger charge is -2.14. The van der Waals surface area contributed by atoms with E-state index in [-0.39, 0.29) is 5.22 Å². The van der Waals surface area contributed by atoms with E-state index in [0.717, 1.165) is 22.2 Å². The molecule has 0 aliphatic rings. The van der Waals surface area contributed by atoms with Crippen molar-refractivity contribution in [3.05, 3.63) is 53.4 Å². The third-order valence-electron chi connectivity index (χ3n) is 3.27. The number of thiophene rings is 1. The second kappa shape index (κ2) is 8.63. The third-order valence-corrected chi connectivity index (χ3v) is 5.22. The van der Waals surface area contributed by atoms with Crippen LogP contribution < -0.4 is 10.6 Å². The summed E-state index contributed by atoms with van der Waals surface area (Å²) in [5, 5.41) is 14.4. The van der Waals surface area contributed by atoms with Crippen molar-refractivity contribution in [2.45, 2.75) is 17.4 Å². The van der Waals surface area contributed by atoms with Gasteiger partial charge in [0.1, 0.15) is 5.25 Å². The first-order valence-electron chi connectivity index (χ1n) is 7.85. The van der Waals surface area contributed by atoms with E-state index in [2.05, 4.69) is 20.8 Å². The fourth-order valence-electron chi connectivity index (χ4n) is 2.14. The second-order valence-electron chi connectivity index (χ2n) is 5.11. The van der Waals surface area contributed by atoms with E-state index in [1.807, 2.05) is 47.8 Å². The number of amides is 3. The molecule has 3 amide bonds. The summed E-state index contributed by atoms with van der Waals surface area (Å²) in [4.78, 5) is 25.1. The molecule has 3 aromatic rings. The normalized spacial score (nSPS) is 11.7. The molecule has 0 fully saturated rings. The van der Waals surface area contributed by atoms with Crippen LogP contribution in [0.25, 0.3) is 10.8 Å². The smallest absolute Gasteiger partial charge is 0.321 e. The van der Waals surface area contributed by atoms with Crippen LogP contribution in [0, 0.1) is 0 Å². The molecule has 2 aromatic heterocycles. The SMILES string of the molecule is CCNC(=O)NC(=O)[C@H](Sc1nnc(-c2cccs2)o1)c1ccccc1. The Bertz CT molecular complexity index is 865. The summed E-state index contributed by atoms with van der Waals surface area (Å²) in [6.07, 6.45) is 0. The van der Waals surface area contributed by atoms with Crippen molar-refractivity contribution in [3.8, 4) is 10.8 Å². The lowest BCUT2D eigenvalue weighted by Crippen LogP contribution is -2.41. The lowest BCUT2D eigenvalue weighted by atomic mass is 10.1. The zero-order valence-electron chi connectivity index (χ0n) is 13.8. The predicted molar refractivity (Wildman–Crippen MR) is 99.9 cm³/mol. The molecule has 2 N–H and O–H groups in total. The average Bonchev–Trinajstić information content (AvgIpc) is 3.32. The Kier molecular flexibility index (Phi) is 6.03. The first kappa shape index (κ1) is 18.2. The summed E-state index contributed by atoms with van der Waals surface area (Å²) in [6.45, 7) is 2.20. The molecule has 9 heteroatoms. The molecule has 0 bridgehead atoms. The Hall–Kier alpha value is -2.65. The van der Waals surface area contributed by atoms with E-state index < -0.39 is 17.2 Å². The number of imide groups is 1. The molecular formula is C17H16N4O3S2. The van der Waals surface area contributed by atoms with Gasteiger partial charge in [-0.2, -0.15) is 0 Å². The fraction of sp³-hybridized carbons (Fsp3) is 0.176. The zero-order chi connectivity index (χ0) is 18.4. The van der Waals surface area contributed by atoms with Crippen LogP contribution in [0.4, 0.5) is 4.79 Å². The molecule has 0 saturated carbocycles. The van der Waals surface area contributed by atoms with Gasteiger partial charge < -0.3 is 9.73 Å². The Morgan fingerprint density at radius 1 is 1.19 bits per heavy atom. The Morgan fingerprint density at radius 3 is 2.69 bits per heavy atom. The van der Waals surface area contributed by atoms with Gasteiger partial charge in [-0.1, -0.05) is 36.4 Å². The molecular weight excluding hydrogens is 372 g/mol. The van der Waals surface area contributed by atoms with Crippen LogP contribution in [0.5, 0.6) is 0 Å². The highest BCUT2D eigenvalue weighted by atomic mass is 32.2. The van der Waals surface area contributed by atoms with Gasteiger partial charge in [0.05, 0.1) is 4.88 Å². The number of nitrogens with one attached hydrogen (secondary N) is 2. The fourth-order valence-corrected chi connectivity index (χ4v) is 3.66. The molecule has 7 nitrogen and oxygen atoms in total. The molecule has 2 heterocycles. The second-order valence-corrected chi connectivity index (χ2v) is 7.11. The minimum atomic E-state index is -0.699. The van der Waals surface area contributed by atoms with Gasteiger partial charge in [-0.15, -0.1) is 21.5 Å². The number of carbonyl (C=O) groups excluding carboxylic acids is 2. The quantitative estimate of drug-likeness (QED) is 0.628. The average molecular weight is 388 g/mol. The largest absolute Gasteiger partial charge is 0.410 e. The van der Waals surface area contributed by atoms with Crippen LogP contribution in [-0.4, -0.2) is 28.7 Å². The molecule has 1 atom stereocenters. The standard InChI is InChI=1S/C17H16N4O3S2/c1-2-18-16(23)19-14(22)13(11-7-4-3-5-8-11)26-17-21-20-15(24-17)12-9-6-10-25-12/h3-10,13H,2H2,1H3,(H2,18,19,22,23)/t13-/m1/s1. The van der Waals surface area contributed by atoms with E-state index in [1.165, 1.54) is 11.3 Å². The number of aromatic nitrogens is 2. The van der Waals surface area contributed by atoms with Crippen LogP contribution in [0.15, 0.2) is 57.5 Å². The van der Waals surface area contributed by atoms with E-state index >= 15 is 0 Å². The Balaban J connectivity index is 1.80. The van der Waals surface area contributed by atoms with Gasteiger partial charge >= 0.3 is 6.03 Å². The summed E-state index contributed by atoms with van der Waals surface area (Å²) in [7, 11) is 0. The first-order chi connectivity index (χ1) is 12.7. The third kappa shape index (κ3) is 4.50. The van der Waals surface area contributed by atoms with Gasteiger partial charge in [-0.25, -0.2) is 4.79 Å². The Labute approximate surface area is 158 Å². The number of hydrogen-bond acceptors (Lipinski definition) is 7. The summed E-state index contributed by atoms with van der Waals surface area (Å²) in [5.41, 5.74) is 0.732. The van der Waals surface area contributed by atoms with E-state index in [0.29, 0.717) is 12.4 Å². The number of hydrogen-bond donors (Lipinski definition) is 2. The highest BCUT2D eigenvalue weighted by molar-refractivity contribution is 8.00. The maximum absolute atomic E-state index is 12.6. The molecule has 3 rings (SSSR count). The number of urea groups is 1. The van der Waals surface area contributed by atoms with E-state index in [9.17, 15) is 9.59 Å². The van der Waals surface area contributed by atoms with Crippen molar-refractivity contribution in [3.63, 3.8) is 0 Å². The van der Waals surface area contributed by atoms with Gasteiger partial charge in [0, 0.05) is 6.54 Å². The van der Waals surface area contributed by atoms with Crippen LogP contribution in [0.1, 0.15) is 17.7 Å². The number of benzene rings is 1. The summed E-state index contributed by atoms with van der Waals surface area (Å²) in [6, 6.07) is 12.4. The van der Waals surface area contributed by atoms with Gasteiger partial charge in [-0.3, -0.25) is 10.1 Å². The van der Waals surface area contributed by atoms with E-state index in [1.54, 1.807) is 6.92 Å². The monoisotopic (exact) mass is 388 g/mol. The van der Waals surface area contributed by atoms with E-state index in [4.69, 9.17) is 4.42 Å². The molecule has 0 saturated heterocycles. The zero-order valence-corrected chi connectivity index (χ0v) is 15.5.